The highest BCUT2D eigenvalue weighted by Crippen LogP contribution is 2.25. The number of halogens is 2. The largest absolute Gasteiger partial charge is 0.296 e. The van der Waals surface area contributed by atoms with E-state index in [1.54, 1.807) is 0 Å². The summed E-state index contributed by atoms with van der Waals surface area (Å²) < 4.78 is 13.5. The second kappa shape index (κ2) is 4.91. The lowest BCUT2D eigenvalue weighted by molar-refractivity contribution is -0.134. The minimum atomic E-state index is -0.487. The first-order valence-corrected chi connectivity index (χ1v) is 6.28. The number of piperidine rings is 1. The van der Waals surface area contributed by atoms with Crippen molar-refractivity contribution in [3.05, 3.63) is 29.3 Å². The minimum Gasteiger partial charge on any atom is -0.296 e. The lowest BCUT2D eigenvalue weighted by atomic mass is 9.91. The summed E-state index contributed by atoms with van der Waals surface area (Å²) in [6, 6.07) is 1.31. The summed E-state index contributed by atoms with van der Waals surface area (Å²) in [5.74, 6) is -1.59. The Hall–Kier alpha value is -1.30. The Labute approximate surface area is 106 Å². The quantitative estimate of drug-likeness (QED) is 0.667. The Morgan fingerprint density at radius 2 is 2.29 bits per heavy atom. The number of aromatic nitrogens is 1. The molecule has 1 N–H and O–H groups in total. The predicted molar refractivity (Wildman–Crippen MR) is 62.0 cm³/mol. The van der Waals surface area contributed by atoms with Crippen LogP contribution in [-0.4, -0.2) is 16.8 Å². The molecule has 0 spiro atoms. The molecule has 4 nitrogen and oxygen atoms in total. The lowest BCUT2D eigenvalue weighted by Crippen LogP contribution is -2.39. The summed E-state index contributed by atoms with van der Waals surface area (Å²) >= 11 is 3.12. The fraction of sp³-hybridized carbons (Fsp3) is 0.364. The van der Waals surface area contributed by atoms with E-state index in [1.165, 1.54) is 12.3 Å². The molecule has 1 unspecified atom stereocenters. The van der Waals surface area contributed by atoms with Crippen molar-refractivity contribution < 1.29 is 14.0 Å². The van der Waals surface area contributed by atoms with E-state index < -0.39 is 11.7 Å². The molecule has 17 heavy (non-hydrogen) atoms. The Kier molecular flexibility index (Phi) is 3.51. The number of imide groups is 1. The zero-order valence-electron chi connectivity index (χ0n) is 8.87. The number of nitrogens with one attached hydrogen (secondary N) is 1. The van der Waals surface area contributed by atoms with Crippen LogP contribution < -0.4 is 5.32 Å². The smallest absolute Gasteiger partial charge is 0.234 e. The summed E-state index contributed by atoms with van der Waals surface area (Å²) in [4.78, 5) is 26.5. The number of pyridine rings is 1. The fourth-order valence-electron chi connectivity index (χ4n) is 1.78. The van der Waals surface area contributed by atoms with Crippen LogP contribution >= 0.6 is 15.9 Å². The molecule has 0 bridgehead atoms. The molecule has 6 heteroatoms. The molecule has 0 radical (unpaired) electrons. The van der Waals surface area contributed by atoms with Gasteiger partial charge in [0, 0.05) is 17.9 Å². The van der Waals surface area contributed by atoms with Gasteiger partial charge in [-0.2, -0.15) is 0 Å². The maximum absolute atomic E-state index is 13.5. The molecule has 0 aliphatic carbocycles. The van der Waals surface area contributed by atoms with Gasteiger partial charge in [-0.1, -0.05) is 15.9 Å². The zero-order chi connectivity index (χ0) is 12.4. The van der Waals surface area contributed by atoms with Gasteiger partial charge in [-0.25, -0.2) is 4.39 Å². The highest BCUT2D eigenvalue weighted by molar-refractivity contribution is 9.08. The van der Waals surface area contributed by atoms with Gasteiger partial charge in [-0.3, -0.25) is 19.9 Å². The lowest BCUT2D eigenvalue weighted by Gasteiger charge is -2.20. The number of carbonyl (C=O) groups excluding carboxylic acids is 2. The van der Waals surface area contributed by atoms with Crippen molar-refractivity contribution in [2.24, 2.45) is 0 Å². The second-order valence-corrected chi connectivity index (χ2v) is 4.40. The molecule has 1 saturated heterocycles. The molecule has 90 valence electrons. The van der Waals surface area contributed by atoms with E-state index in [1.807, 2.05) is 0 Å². The number of carbonyl (C=O) groups is 2. The van der Waals surface area contributed by atoms with Crippen LogP contribution in [0.1, 0.15) is 30.0 Å². The highest BCUT2D eigenvalue weighted by atomic mass is 79.9. The SMILES string of the molecule is O=C1CCC(c2cnc(CBr)c(F)c2)C(=O)N1. The van der Waals surface area contributed by atoms with Crippen LogP contribution in [0.3, 0.4) is 0 Å². The van der Waals surface area contributed by atoms with Gasteiger partial charge >= 0.3 is 0 Å². The molecular weight excluding hydrogens is 291 g/mol. The summed E-state index contributed by atoms with van der Waals surface area (Å²) in [6.07, 6.45) is 2.16. The normalized spacial score (nSPS) is 20.2. The third kappa shape index (κ3) is 2.52. The van der Waals surface area contributed by atoms with E-state index in [0.29, 0.717) is 23.0 Å². The average molecular weight is 301 g/mol. The fourth-order valence-corrected chi connectivity index (χ4v) is 2.19. The molecule has 2 rings (SSSR count). The Morgan fingerprint density at radius 3 is 2.88 bits per heavy atom. The molecule has 1 aliphatic rings. The monoisotopic (exact) mass is 300 g/mol. The van der Waals surface area contributed by atoms with Crippen LogP contribution in [-0.2, 0) is 14.9 Å². The molecule has 1 atom stereocenters. The Bertz CT molecular complexity index is 479. The molecule has 1 aromatic heterocycles. The van der Waals surface area contributed by atoms with Gasteiger partial charge in [0.2, 0.25) is 11.8 Å². The third-order valence-corrected chi connectivity index (χ3v) is 3.24. The van der Waals surface area contributed by atoms with Crippen molar-refractivity contribution in [3.8, 4) is 0 Å². The number of amides is 2. The molecule has 1 aliphatic heterocycles. The summed E-state index contributed by atoms with van der Waals surface area (Å²) in [7, 11) is 0. The van der Waals surface area contributed by atoms with Gasteiger partial charge in [-0.05, 0) is 18.1 Å². The molecule has 1 aromatic rings. The molecular formula is C11H10BrFN2O2. The first-order chi connectivity index (χ1) is 8.11. The number of alkyl halides is 1. The van der Waals surface area contributed by atoms with E-state index >= 15 is 0 Å². The maximum Gasteiger partial charge on any atom is 0.234 e. The van der Waals surface area contributed by atoms with Crippen LogP contribution in [0, 0.1) is 5.82 Å². The van der Waals surface area contributed by atoms with Crippen molar-refractivity contribution in [1.29, 1.82) is 0 Å². The van der Waals surface area contributed by atoms with E-state index in [9.17, 15) is 14.0 Å². The third-order valence-electron chi connectivity index (χ3n) is 2.71. The van der Waals surface area contributed by atoms with E-state index in [2.05, 4.69) is 26.2 Å². The average Bonchev–Trinajstić information content (AvgIpc) is 2.29. The number of rotatable bonds is 2. The topological polar surface area (TPSA) is 59.1 Å². The molecule has 2 heterocycles. The summed E-state index contributed by atoms with van der Waals surface area (Å²) in [6.45, 7) is 0. The molecule has 1 fully saturated rings. The molecule has 2 amide bonds. The van der Waals surface area contributed by atoms with E-state index in [-0.39, 0.29) is 18.2 Å². The van der Waals surface area contributed by atoms with E-state index in [4.69, 9.17) is 0 Å². The Balaban J connectivity index is 2.25. The van der Waals surface area contributed by atoms with Crippen molar-refractivity contribution in [2.75, 3.05) is 0 Å². The number of nitrogens with zero attached hydrogens (tertiary/aromatic N) is 1. The van der Waals surface area contributed by atoms with Crippen molar-refractivity contribution in [2.45, 2.75) is 24.1 Å². The Morgan fingerprint density at radius 1 is 1.53 bits per heavy atom. The van der Waals surface area contributed by atoms with Crippen LogP contribution in [0.2, 0.25) is 0 Å². The van der Waals surface area contributed by atoms with Crippen molar-refractivity contribution >= 4 is 27.7 Å². The number of hydrogen-bond donors (Lipinski definition) is 1. The molecule has 0 aromatic carbocycles. The van der Waals surface area contributed by atoms with Gasteiger partial charge in [0.15, 0.2) is 0 Å². The van der Waals surface area contributed by atoms with Gasteiger partial charge < -0.3 is 0 Å². The van der Waals surface area contributed by atoms with Crippen LogP contribution in [0.25, 0.3) is 0 Å². The van der Waals surface area contributed by atoms with Crippen molar-refractivity contribution in [1.82, 2.24) is 10.3 Å². The van der Waals surface area contributed by atoms with Crippen molar-refractivity contribution in [3.63, 3.8) is 0 Å². The van der Waals surface area contributed by atoms with Gasteiger partial charge in [0.25, 0.3) is 0 Å². The summed E-state index contributed by atoms with van der Waals surface area (Å²) in [5.41, 5.74) is 0.818. The van der Waals surface area contributed by atoms with E-state index in [0.717, 1.165) is 0 Å². The van der Waals surface area contributed by atoms with Gasteiger partial charge in [0.1, 0.15) is 5.82 Å². The van der Waals surface area contributed by atoms with Gasteiger partial charge in [0.05, 0.1) is 11.6 Å². The molecule has 0 saturated carbocycles. The number of hydrogen-bond acceptors (Lipinski definition) is 3. The van der Waals surface area contributed by atoms with Gasteiger partial charge in [-0.15, -0.1) is 0 Å². The minimum absolute atomic E-state index is 0.276. The van der Waals surface area contributed by atoms with Crippen LogP contribution in [0.15, 0.2) is 12.3 Å². The van der Waals surface area contributed by atoms with Crippen LogP contribution in [0.4, 0.5) is 4.39 Å². The second-order valence-electron chi connectivity index (χ2n) is 3.83. The predicted octanol–water partition coefficient (Wildman–Crippen LogP) is 1.64. The summed E-state index contributed by atoms with van der Waals surface area (Å²) in [5, 5.41) is 2.57. The highest BCUT2D eigenvalue weighted by Gasteiger charge is 2.28. The standard InChI is InChI=1S/C11H10BrFN2O2/c12-4-9-8(13)3-6(5-14-9)7-1-2-10(16)15-11(7)17/h3,5,7H,1-2,4H2,(H,15,16,17). The first-order valence-electron chi connectivity index (χ1n) is 5.16. The van der Waals surface area contributed by atoms with Crippen LogP contribution in [0.5, 0.6) is 0 Å². The maximum atomic E-state index is 13.5. The first kappa shape index (κ1) is 12.2. The zero-order valence-corrected chi connectivity index (χ0v) is 10.5.